The van der Waals surface area contributed by atoms with Crippen LogP contribution in [0.15, 0.2) is 24.3 Å². The summed E-state index contributed by atoms with van der Waals surface area (Å²) in [5.41, 5.74) is 8.34. The van der Waals surface area contributed by atoms with Crippen LogP contribution in [0.5, 0.6) is 5.75 Å². The topological polar surface area (TPSA) is 94.3 Å². The SMILES string of the molecule is Cc1c(N)c([N+](=O)[O-])cc2c3cc(O)ccc3n(C)c12. The van der Waals surface area contributed by atoms with Gasteiger partial charge in [-0.25, -0.2) is 0 Å². The lowest BCUT2D eigenvalue weighted by atomic mass is 10.1. The average molecular weight is 271 g/mol. The molecule has 0 aliphatic heterocycles. The summed E-state index contributed by atoms with van der Waals surface area (Å²) in [4.78, 5) is 10.6. The Morgan fingerprint density at radius 2 is 2.00 bits per heavy atom. The van der Waals surface area contributed by atoms with E-state index in [9.17, 15) is 15.2 Å². The summed E-state index contributed by atoms with van der Waals surface area (Å²) in [5, 5.41) is 22.2. The van der Waals surface area contributed by atoms with Gasteiger partial charge in [-0.2, -0.15) is 0 Å². The average Bonchev–Trinajstić information content (AvgIpc) is 2.66. The van der Waals surface area contributed by atoms with Crippen LogP contribution in [0.1, 0.15) is 5.56 Å². The highest BCUT2D eigenvalue weighted by molar-refractivity contribution is 6.11. The van der Waals surface area contributed by atoms with Crippen molar-refractivity contribution in [1.82, 2.24) is 4.57 Å². The number of fused-ring (bicyclic) bond motifs is 3. The van der Waals surface area contributed by atoms with Gasteiger partial charge in [0.05, 0.1) is 10.4 Å². The largest absolute Gasteiger partial charge is 0.508 e. The molecule has 6 nitrogen and oxygen atoms in total. The first-order chi connectivity index (χ1) is 9.41. The van der Waals surface area contributed by atoms with E-state index in [-0.39, 0.29) is 17.1 Å². The minimum atomic E-state index is -0.483. The number of nitro benzene ring substituents is 1. The number of aromatic nitrogens is 1. The van der Waals surface area contributed by atoms with E-state index in [1.807, 2.05) is 11.6 Å². The van der Waals surface area contributed by atoms with Gasteiger partial charge in [0, 0.05) is 35.0 Å². The number of aryl methyl sites for hydroxylation is 2. The van der Waals surface area contributed by atoms with Crippen molar-refractivity contribution in [3.8, 4) is 5.75 Å². The number of nitrogen functional groups attached to an aromatic ring is 1. The van der Waals surface area contributed by atoms with Crippen molar-refractivity contribution in [2.24, 2.45) is 7.05 Å². The van der Waals surface area contributed by atoms with E-state index in [4.69, 9.17) is 5.73 Å². The van der Waals surface area contributed by atoms with Gasteiger partial charge in [0.1, 0.15) is 11.4 Å². The maximum atomic E-state index is 11.1. The molecule has 1 aromatic heterocycles. The Bertz CT molecular complexity index is 881. The Kier molecular flexibility index (Phi) is 2.37. The van der Waals surface area contributed by atoms with Crippen LogP contribution >= 0.6 is 0 Å². The molecule has 0 atom stereocenters. The number of nitro groups is 1. The van der Waals surface area contributed by atoms with E-state index in [1.54, 1.807) is 25.1 Å². The molecule has 0 aliphatic rings. The number of phenolic OH excluding ortho intramolecular Hbond substituents is 1. The maximum Gasteiger partial charge on any atom is 0.293 e. The summed E-state index contributed by atoms with van der Waals surface area (Å²) in [6, 6.07) is 6.46. The molecule has 6 heteroatoms. The molecular weight excluding hydrogens is 258 g/mol. The van der Waals surface area contributed by atoms with Gasteiger partial charge in [-0.05, 0) is 25.1 Å². The number of phenols is 1. The number of anilines is 1. The molecule has 1 heterocycles. The number of hydrogen-bond donors (Lipinski definition) is 2. The fourth-order valence-electron chi connectivity index (χ4n) is 2.75. The van der Waals surface area contributed by atoms with Gasteiger partial charge in [-0.1, -0.05) is 0 Å². The lowest BCUT2D eigenvalue weighted by molar-refractivity contribution is -0.383. The van der Waals surface area contributed by atoms with Crippen molar-refractivity contribution in [3.63, 3.8) is 0 Å². The summed E-state index contributed by atoms with van der Waals surface area (Å²) < 4.78 is 1.93. The van der Waals surface area contributed by atoms with Gasteiger partial charge >= 0.3 is 0 Å². The minimum absolute atomic E-state index is 0.106. The Balaban J connectivity index is 2.60. The summed E-state index contributed by atoms with van der Waals surface area (Å²) in [6.07, 6.45) is 0. The second kappa shape index (κ2) is 3.86. The van der Waals surface area contributed by atoms with E-state index < -0.39 is 4.92 Å². The van der Waals surface area contributed by atoms with Gasteiger partial charge in [0.25, 0.3) is 5.69 Å². The van der Waals surface area contributed by atoms with Crippen molar-refractivity contribution < 1.29 is 10.0 Å². The molecule has 0 aliphatic carbocycles. The minimum Gasteiger partial charge on any atom is -0.508 e. The molecule has 0 unspecified atom stereocenters. The molecule has 0 saturated heterocycles. The summed E-state index contributed by atoms with van der Waals surface area (Å²) in [5.74, 6) is 0.127. The highest BCUT2D eigenvalue weighted by Gasteiger charge is 2.20. The van der Waals surface area contributed by atoms with Crippen molar-refractivity contribution in [1.29, 1.82) is 0 Å². The molecule has 102 valence electrons. The third kappa shape index (κ3) is 1.45. The quantitative estimate of drug-likeness (QED) is 0.404. The first kappa shape index (κ1) is 12.3. The van der Waals surface area contributed by atoms with E-state index >= 15 is 0 Å². The van der Waals surface area contributed by atoms with Crippen LogP contribution in [0.2, 0.25) is 0 Å². The standard InChI is InChI=1S/C14H13N3O3/c1-7-13(15)12(17(19)20)6-10-9-5-8(18)3-4-11(9)16(2)14(7)10/h3-6,18H,15H2,1-2H3. The zero-order valence-electron chi connectivity index (χ0n) is 11.0. The molecule has 0 spiro atoms. The predicted octanol–water partition coefficient (Wildman–Crippen LogP) is 2.84. The molecule has 3 rings (SSSR count). The molecule has 0 bridgehead atoms. The summed E-state index contributed by atoms with van der Waals surface area (Å²) in [6.45, 7) is 1.77. The van der Waals surface area contributed by atoms with Gasteiger partial charge in [0.15, 0.2) is 0 Å². The van der Waals surface area contributed by atoms with Gasteiger partial charge in [-0.3, -0.25) is 10.1 Å². The van der Waals surface area contributed by atoms with Gasteiger partial charge in [0.2, 0.25) is 0 Å². The van der Waals surface area contributed by atoms with Crippen LogP contribution in [0.25, 0.3) is 21.8 Å². The molecule has 0 radical (unpaired) electrons. The van der Waals surface area contributed by atoms with Crippen molar-refractivity contribution in [2.45, 2.75) is 6.92 Å². The Hall–Kier alpha value is -2.76. The Labute approximate surface area is 114 Å². The summed E-state index contributed by atoms with van der Waals surface area (Å²) in [7, 11) is 1.87. The normalized spacial score (nSPS) is 11.3. The van der Waals surface area contributed by atoms with Crippen LogP contribution in [-0.4, -0.2) is 14.6 Å². The van der Waals surface area contributed by atoms with Crippen LogP contribution in [0.4, 0.5) is 11.4 Å². The third-order valence-corrected chi connectivity index (χ3v) is 3.74. The number of rotatable bonds is 1. The third-order valence-electron chi connectivity index (χ3n) is 3.74. The number of aromatic hydroxyl groups is 1. The number of hydrogen-bond acceptors (Lipinski definition) is 4. The maximum absolute atomic E-state index is 11.1. The smallest absolute Gasteiger partial charge is 0.293 e. The van der Waals surface area contributed by atoms with Crippen molar-refractivity contribution >= 4 is 33.2 Å². The van der Waals surface area contributed by atoms with E-state index in [1.165, 1.54) is 6.07 Å². The fraction of sp³-hybridized carbons (Fsp3) is 0.143. The van der Waals surface area contributed by atoms with Crippen LogP contribution in [-0.2, 0) is 7.05 Å². The van der Waals surface area contributed by atoms with Gasteiger partial charge < -0.3 is 15.4 Å². The second-order valence-electron chi connectivity index (χ2n) is 4.85. The molecule has 0 fully saturated rings. The van der Waals surface area contributed by atoms with Crippen molar-refractivity contribution in [3.05, 3.63) is 39.9 Å². The predicted molar refractivity (Wildman–Crippen MR) is 77.9 cm³/mol. The highest BCUT2D eigenvalue weighted by Crippen LogP contribution is 2.38. The number of nitrogens with two attached hydrogens (primary N) is 1. The van der Waals surface area contributed by atoms with Crippen LogP contribution < -0.4 is 5.73 Å². The van der Waals surface area contributed by atoms with Gasteiger partial charge in [-0.15, -0.1) is 0 Å². The first-order valence-electron chi connectivity index (χ1n) is 6.06. The second-order valence-corrected chi connectivity index (χ2v) is 4.85. The number of benzene rings is 2. The van der Waals surface area contributed by atoms with Crippen LogP contribution in [0, 0.1) is 17.0 Å². The summed E-state index contributed by atoms with van der Waals surface area (Å²) >= 11 is 0. The number of nitrogens with zero attached hydrogens (tertiary/aromatic N) is 2. The fourth-order valence-corrected chi connectivity index (χ4v) is 2.75. The highest BCUT2D eigenvalue weighted by atomic mass is 16.6. The lowest BCUT2D eigenvalue weighted by Crippen LogP contribution is -2.00. The lowest BCUT2D eigenvalue weighted by Gasteiger charge is -2.06. The molecular formula is C14H13N3O3. The molecule has 0 amide bonds. The van der Waals surface area contributed by atoms with Crippen LogP contribution in [0.3, 0.4) is 0 Å². The van der Waals surface area contributed by atoms with E-state index in [0.29, 0.717) is 5.56 Å². The van der Waals surface area contributed by atoms with E-state index in [0.717, 1.165) is 21.8 Å². The molecule has 2 aromatic carbocycles. The molecule has 20 heavy (non-hydrogen) atoms. The zero-order valence-corrected chi connectivity index (χ0v) is 11.0. The first-order valence-corrected chi connectivity index (χ1v) is 6.06. The molecule has 3 N–H and O–H groups in total. The zero-order chi connectivity index (χ0) is 14.6. The molecule has 0 saturated carbocycles. The van der Waals surface area contributed by atoms with E-state index in [2.05, 4.69) is 0 Å². The monoisotopic (exact) mass is 271 g/mol. The Morgan fingerprint density at radius 1 is 1.30 bits per heavy atom. The Morgan fingerprint density at radius 3 is 2.65 bits per heavy atom. The van der Waals surface area contributed by atoms with Crippen molar-refractivity contribution in [2.75, 3.05) is 5.73 Å². The molecule has 3 aromatic rings.